The first-order chi connectivity index (χ1) is 7.17. The quantitative estimate of drug-likeness (QED) is 0.812. The lowest BCUT2D eigenvalue weighted by atomic mass is 10.2. The zero-order valence-electron chi connectivity index (χ0n) is 9.56. The number of nitrogens with two attached hydrogens (primary N) is 1. The van der Waals surface area contributed by atoms with Crippen LogP contribution >= 0.6 is 11.8 Å². The summed E-state index contributed by atoms with van der Waals surface area (Å²) in [4.78, 5) is 4.26. The minimum Gasteiger partial charge on any atom is -0.338 e. The third kappa shape index (κ3) is 3.83. The Morgan fingerprint density at radius 1 is 1.40 bits per heavy atom. The minimum atomic E-state index is -0.125. The van der Waals surface area contributed by atoms with Crippen molar-refractivity contribution in [3.8, 4) is 0 Å². The molecule has 0 aliphatic rings. The molecule has 1 heterocycles. The highest BCUT2D eigenvalue weighted by Crippen LogP contribution is 2.19. The predicted molar refractivity (Wildman–Crippen MR) is 62.6 cm³/mol. The second-order valence-electron chi connectivity index (χ2n) is 3.59. The van der Waals surface area contributed by atoms with E-state index in [0.717, 1.165) is 24.4 Å². The average Bonchev–Trinajstić information content (AvgIpc) is 2.73. The van der Waals surface area contributed by atoms with Crippen molar-refractivity contribution in [3.63, 3.8) is 0 Å². The molecule has 0 fully saturated rings. The molecule has 0 radical (unpaired) electrons. The van der Waals surface area contributed by atoms with E-state index in [1.165, 1.54) is 0 Å². The number of rotatable bonds is 6. The van der Waals surface area contributed by atoms with Crippen LogP contribution in [0.4, 0.5) is 0 Å². The van der Waals surface area contributed by atoms with Gasteiger partial charge in [-0.3, -0.25) is 0 Å². The van der Waals surface area contributed by atoms with Crippen molar-refractivity contribution in [1.82, 2.24) is 10.1 Å². The van der Waals surface area contributed by atoms with Crippen molar-refractivity contribution in [3.05, 3.63) is 11.7 Å². The van der Waals surface area contributed by atoms with Crippen LogP contribution in [0.2, 0.25) is 0 Å². The van der Waals surface area contributed by atoms with E-state index < -0.39 is 0 Å². The van der Waals surface area contributed by atoms with Crippen LogP contribution in [0.25, 0.3) is 0 Å². The third-order valence-corrected chi connectivity index (χ3v) is 3.64. The van der Waals surface area contributed by atoms with E-state index in [1.807, 2.05) is 18.7 Å². The van der Waals surface area contributed by atoms with Gasteiger partial charge >= 0.3 is 0 Å². The Labute approximate surface area is 95.0 Å². The van der Waals surface area contributed by atoms with E-state index in [2.05, 4.69) is 24.0 Å². The molecule has 5 heteroatoms. The first kappa shape index (κ1) is 12.5. The molecule has 1 rings (SSSR count). The number of hydrogen-bond donors (Lipinski definition) is 1. The lowest BCUT2D eigenvalue weighted by molar-refractivity contribution is 0.349. The molecule has 15 heavy (non-hydrogen) atoms. The molecule has 0 saturated carbocycles. The Bertz CT molecular complexity index is 290. The highest BCUT2D eigenvalue weighted by atomic mass is 32.2. The van der Waals surface area contributed by atoms with E-state index >= 15 is 0 Å². The molecule has 0 saturated heterocycles. The first-order valence-electron chi connectivity index (χ1n) is 5.37. The summed E-state index contributed by atoms with van der Waals surface area (Å²) in [5, 5.41) is 4.54. The van der Waals surface area contributed by atoms with Crippen LogP contribution in [-0.4, -0.2) is 15.4 Å². The van der Waals surface area contributed by atoms with Gasteiger partial charge in [0.2, 0.25) is 5.89 Å². The predicted octanol–water partition coefficient (Wildman–Crippen LogP) is 2.51. The van der Waals surface area contributed by atoms with Crippen LogP contribution in [0.15, 0.2) is 4.52 Å². The normalized spacial score (nSPS) is 15.2. The molecular weight excluding hydrogens is 210 g/mol. The molecule has 0 amide bonds. The second-order valence-corrected chi connectivity index (χ2v) is 5.02. The van der Waals surface area contributed by atoms with Crippen molar-refractivity contribution < 1.29 is 4.52 Å². The summed E-state index contributed by atoms with van der Waals surface area (Å²) in [5.74, 6) is 2.10. The smallest absolute Gasteiger partial charge is 0.243 e. The molecule has 0 aliphatic carbocycles. The highest BCUT2D eigenvalue weighted by molar-refractivity contribution is 7.99. The lowest BCUT2D eigenvalue weighted by Crippen LogP contribution is -2.08. The van der Waals surface area contributed by atoms with Crippen LogP contribution in [-0.2, 0) is 5.75 Å². The fraction of sp³-hybridized carbons (Fsp3) is 0.800. The topological polar surface area (TPSA) is 64.9 Å². The maximum atomic E-state index is 5.79. The van der Waals surface area contributed by atoms with Crippen LogP contribution in [0.3, 0.4) is 0 Å². The Hall–Kier alpha value is -0.550. The molecule has 0 aliphatic heterocycles. The van der Waals surface area contributed by atoms with Gasteiger partial charge in [0, 0.05) is 5.25 Å². The van der Waals surface area contributed by atoms with E-state index in [4.69, 9.17) is 10.3 Å². The largest absolute Gasteiger partial charge is 0.338 e. The van der Waals surface area contributed by atoms with E-state index in [-0.39, 0.29) is 6.04 Å². The Morgan fingerprint density at radius 3 is 2.73 bits per heavy atom. The average molecular weight is 229 g/mol. The van der Waals surface area contributed by atoms with E-state index in [1.54, 1.807) is 0 Å². The molecule has 1 aromatic heterocycles. The van der Waals surface area contributed by atoms with Gasteiger partial charge in [-0.1, -0.05) is 25.9 Å². The van der Waals surface area contributed by atoms with Gasteiger partial charge in [0.1, 0.15) is 0 Å². The summed E-state index contributed by atoms with van der Waals surface area (Å²) in [6, 6.07) is -0.125. The lowest BCUT2D eigenvalue weighted by Gasteiger charge is -2.04. The Morgan fingerprint density at radius 2 is 2.13 bits per heavy atom. The molecular formula is C10H19N3OS. The fourth-order valence-electron chi connectivity index (χ4n) is 0.986. The summed E-state index contributed by atoms with van der Waals surface area (Å²) in [6.45, 7) is 6.37. The zero-order valence-corrected chi connectivity index (χ0v) is 10.4. The molecule has 0 bridgehead atoms. The monoisotopic (exact) mass is 229 g/mol. The van der Waals surface area contributed by atoms with E-state index in [0.29, 0.717) is 11.1 Å². The van der Waals surface area contributed by atoms with Gasteiger partial charge in [-0.05, 0) is 12.8 Å². The standard InChI is InChI=1S/C10H19N3OS/c1-4-7(3)15-6-9-12-10(14-13-9)8(11)5-2/h7-8H,4-6,11H2,1-3H3/t7?,8-/m1/s1. The third-order valence-electron chi connectivity index (χ3n) is 2.31. The SMILES string of the molecule is CCC(C)SCc1noc([C@H](N)CC)n1. The molecule has 86 valence electrons. The van der Waals surface area contributed by atoms with Crippen LogP contribution in [0.1, 0.15) is 51.4 Å². The first-order valence-corrected chi connectivity index (χ1v) is 6.41. The molecule has 1 unspecified atom stereocenters. The summed E-state index contributed by atoms with van der Waals surface area (Å²) in [5.41, 5.74) is 5.79. The van der Waals surface area contributed by atoms with Gasteiger partial charge in [-0.25, -0.2) is 0 Å². The zero-order chi connectivity index (χ0) is 11.3. The number of hydrogen-bond acceptors (Lipinski definition) is 5. The van der Waals surface area contributed by atoms with Gasteiger partial charge in [0.25, 0.3) is 0 Å². The van der Waals surface area contributed by atoms with Crippen molar-refractivity contribution in [2.75, 3.05) is 0 Å². The maximum absolute atomic E-state index is 5.79. The number of thioether (sulfide) groups is 1. The fourth-order valence-corrected chi connectivity index (χ4v) is 1.77. The summed E-state index contributed by atoms with van der Waals surface area (Å²) in [6.07, 6.45) is 1.98. The van der Waals surface area contributed by atoms with Crippen LogP contribution in [0.5, 0.6) is 0 Å². The molecule has 0 aromatic carbocycles. The molecule has 2 atom stereocenters. The van der Waals surface area contributed by atoms with Gasteiger partial charge in [-0.15, -0.1) is 0 Å². The van der Waals surface area contributed by atoms with Crippen molar-refractivity contribution in [1.29, 1.82) is 0 Å². The van der Waals surface area contributed by atoms with Gasteiger partial charge < -0.3 is 10.3 Å². The van der Waals surface area contributed by atoms with Gasteiger partial charge in [0.05, 0.1) is 11.8 Å². The summed E-state index contributed by atoms with van der Waals surface area (Å²) < 4.78 is 5.08. The van der Waals surface area contributed by atoms with Gasteiger partial charge in [-0.2, -0.15) is 16.7 Å². The summed E-state index contributed by atoms with van der Waals surface area (Å²) in [7, 11) is 0. The second kappa shape index (κ2) is 6.12. The highest BCUT2D eigenvalue weighted by Gasteiger charge is 2.13. The van der Waals surface area contributed by atoms with Crippen molar-refractivity contribution in [2.45, 2.75) is 50.7 Å². The summed E-state index contributed by atoms with van der Waals surface area (Å²) >= 11 is 1.84. The van der Waals surface area contributed by atoms with E-state index in [9.17, 15) is 0 Å². The number of nitrogens with zero attached hydrogens (tertiary/aromatic N) is 2. The van der Waals surface area contributed by atoms with Crippen molar-refractivity contribution in [2.24, 2.45) is 5.73 Å². The van der Waals surface area contributed by atoms with Crippen molar-refractivity contribution >= 4 is 11.8 Å². The Balaban J connectivity index is 2.46. The molecule has 0 spiro atoms. The Kier molecular flexibility index (Phi) is 5.11. The van der Waals surface area contributed by atoms with Crippen LogP contribution < -0.4 is 5.73 Å². The van der Waals surface area contributed by atoms with Crippen LogP contribution in [0, 0.1) is 0 Å². The molecule has 2 N–H and O–H groups in total. The molecule has 4 nitrogen and oxygen atoms in total. The maximum Gasteiger partial charge on any atom is 0.243 e. The minimum absolute atomic E-state index is 0.125. The molecule has 1 aromatic rings. The van der Waals surface area contributed by atoms with Gasteiger partial charge in [0.15, 0.2) is 5.82 Å². The number of aromatic nitrogens is 2.